The van der Waals surface area contributed by atoms with Crippen LogP contribution in [0.5, 0.6) is 5.75 Å². The first-order valence-electron chi connectivity index (χ1n) is 7.52. The number of carbonyl (C=O) groups excluding carboxylic acids is 1. The first-order valence-corrected chi connectivity index (χ1v) is 10.8. The molecule has 1 aromatic carbocycles. The minimum absolute atomic E-state index is 0.00167. The molecule has 10 heteroatoms. The lowest BCUT2D eigenvalue weighted by Gasteiger charge is -2.26. The van der Waals surface area contributed by atoms with E-state index in [0.29, 0.717) is 17.9 Å². The summed E-state index contributed by atoms with van der Waals surface area (Å²) in [4.78, 5) is 11.4. The fourth-order valence-corrected chi connectivity index (χ4v) is 6.50. The molecule has 1 atom stereocenters. The molecule has 0 spiro atoms. The van der Waals surface area contributed by atoms with Gasteiger partial charge in [-0.3, -0.25) is 4.79 Å². The van der Waals surface area contributed by atoms with Crippen molar-refractivity contribution in [1.82, 2.24) is 4.31 Å². The van der Waals surface area contributed by atoms with Crippen molar-refractivity contribution in [1.29, 1.82) is 0 Å². The molecule has 1 amide bonds. The predicted octanol–water partition coefficient (Wildman–Crippen LogP) is 0.215. The van der Waals surface area contributed by atoms with E-state index in [9.17, 15) is 21.6 Å². The number of hydrogen-bond donors (Lipinski definition) is 1. The van der Waals surface area contributed by atoms with Crippen LogP contribution in [0.4, 0.5) is 5.69 Å². The van der Waals surface area contributed by atoms with Crippen LogP contribution < -0.4 is 10.1 Å². The van der Waals surface area contributed by atoms with Crippen LogP contribution in [0.25, 0.3) is 0 Å². The molecular weight excluding hydrogens is 356 g/mol. The highest BCUT2D eigenvalue weighted by Crippen LogP contribution is 2.32. The molecule has 8 nitrogen and oxygen atoms in total. The molecule has 3 rings (SSSR count). The number of amides is 1. The van der Waals surface area contributed by atoms with E-state index < -0.39 is 25.9 Å². The van der Waals surface area contributed by atoms with Crippen LogP contribution in [-0.2, 0) is 24.7 Å². The predicted molar refractivity (Wildman–Crippen MR) is 87.2 cm³/mol. The van der Waals surface area contributed by atoms with E-state index in [1.807, 2.05) is 0 Å². The molecule has 132 valence electrons. The Morgan fingerprint density at radius 3 is 2.75 bits per heavy atom. The van der Waals surface area contributed by atoms with Crippen LogP contribution in [0.1, 0.15) is 13.3 Å². The van der Waals surface area contributed by atoms with Crippen LogP contribution in [0.2, 0.25) is 0 Å². The standard InChI is InChI=1S/C14H18N2O6S2/c1-2-16(10-5-6-23(18,19)9-10)24(20,21)11-3-4-13-12(7-11)15-14(17)8-22-13/h3-4,7,10H,2,5-6,8-9H2,1H3,(H,15,17)/t10-/m0/s1. The fraction of sp³-hybridized carbons (Fsp3) is 0.500. The van der Waals surface area contributed by atoms with Crippen LogP contribution in [-0.4, -0.2) is 57.7 Å². The molecule has 2 aliphatic heterocycles. The Hall–Kier alpha value is -1.65. The van der Waals surface area contributed by atoms with Gasteiger partial charge in [0.25, 0.3) is 5.91 Å². The van der Waals surface area contributed by atoms with Crippen LogP contribution in [0, 0.1) is 0 Å². The van der Waals surface area contributed by atoms with Gasteiger partial charge >= 0.3 is 0 Å². The average molecular weight is 374 g/mol. The lowest BCUT2D eigenvalue weighted by Crippen LogP contribution is -2.41. The number of hydrogen-bond acceptors (Lipinski definition) is 6. The summed E-state index contributed by atoms with van der Waals surface area (Å²) in [6.07, 6.45) is 0.292. The van der Waals surface area contributed by atoms with Crippen molar-refractivity contribution < 1.29 is 26.4 Å². The van der Waals surface area contributed by atoms with Crippen molar-refractivity contribution in [2.24, 2.45) is 0 Å². The molecule has 1 aromatic rings. The molecule has 1 fully saturated rings. The van der Waals surface area contributed by atoms with Gasteiger partial charge in [-0.15, -0.1) is 0 Å². The van der Waals surface area contributed by atoms with Gasteiger partial charge in [-0.25, -0.2) is 16.8 Å². The molecule has 0 unspecified atom stereocenters. The number of nitrogens with one attached hydrogen (secondary N) is 1. The van der Waals surface area contributed by atoms with Gasteiger partial charge in [0.05, 0.1) is 22.1 Å². The van der Waals surface area contributed by atoms with E-state index >= 15 is 0 Å². The summed E-state index contributed by atoms with van der Waals surface area (Å²) in [7, 11) is -7.07. The number of ether oxygens (including phenoxy) is 1. The molecule has 0 aromatic heterocycles. The first-order chi connectivity index (χ1) is 11.2. The topological polar surface area (TPSA) is 110 Å². The second-order valence-electron chi connectivity index (χ2n) is 5.76. The zero-order valence-corrected chi connectivity index (χ0v) is 14.7. The summed E-state index contributed by atoms with van der Waals surface area (Å²) in [5.74, 6) is -0.117. The second-order valence-corrected chi connectivity index (χ2v) is 9.88. The van der Waals surface area contributed by atoms with E-state index in [4.69, 9.17) is 4.74 Å². The van der Waals surface area contributed by atoms with Gasteiger partial charge in [-0.05, 0) is 24.6 Å². The lowest BCUT2D eigenvalue weighted by atomic mass is 10.2. The summed E-state index contributed by atoms with van der Waals surface area (Å²) >= 11 is 0. The van der Waals surface area contributed by atoms with E-state index in [1.165, 1.54) is 22.5 Å². The molecule has 1 N–H and O–H groups in total. The van der Waals surface area contributed by atoms with E-state index in [-0.39, 0.29) is 35.5 Å². The van der Waals surface area contributed by atoms with Crippen LogP contribution >= 0.6 is 0 Å². The Morgan fingerprint density at radius 1 is 1.38 bits per heavy atom. The Bertz CT molecular complexity index is 879. The summed E-state index contributed by atoms with van der Waals surface area (Å²) < 4.78 is 55.6. The lowest BCUT2D eigenvalue weighted by molar-refractivity contribution is -0.118. The van der Waals surface area contributed by atoms with Crippen molar-refractivity contribution >= 4 is 31.5 Å². The van der Waals surface area contributed by atoms with Crippen molar-refractivity contribution in [2.45, 2.75) is 24.3 Å². The van der Waals surface area contributed by atoms with Gasteiger partial charge < -0.3 is 10.1 Å². The maximum atomic E-state index is 12.9. The minimum atomic E-state index is -3.87. The van der Waals surface area contributed by atoms with Gasteiger partial charge in [0.1, 0.15) is 5.75 Å². The normalized spacial score (nSPS) is 22.8. The number of nitrogens with zero attached hydrogens (tertiary/aromatic N) is 1. The van der Waals surface area contributed by atoms with Gasteiger partial charge in [0.2, 0.25) is 10.0 Å². The highest BCUT2D eigenvalue weighted by Gasteiger charge is 2.38. The zero-order chi connectivity index (χ0) is 17.5. The Labute approximate surface area is 140 Å². The van der Waals surface area contributed by atoms with Gasteiger partial charge in [-0.1, -0.05) is 6.92 Å². The third-order valence-electron chi connectivity index (χ3n) is 4.12. The average Bonchev–Trinajstić information content (AvgIpc) is 2.86. The number of sulfone groups is 1. The molecule has 0 bridgehead atoms. The molecule has 0 aliphatic carbocycles. The van der Waals surface area contributed by atoms with E-state index in [0.717, 1.165) is 0 Å². The SMILES string of the molecule is CCN([C@H]1CCS(=O)(=O)C1)S(=O)(=O)c1ccc2c(c1)NC(=O)CO2. The Balaban J connectivity index is 1.94. The zero-order valence-electron chi connectivity index (χ0n) is 13.1. The van der Waals surface area contributed by atoms with E-state index in [2.05, 4.69) is 5.32 Å². The van der Waals surface area contributed by atoms with Crippen LogP contribution in [0.3, 0.4) is 0 Å². The second kappa shape index (κ2) is 6.01. The fourth-order valence-electron chi connectivity index (χ4n) is 2.98. The molecule has 0 radical (unpaired) electrons. The molecular formula is C14H18N2O6S2. The minimum Gasteiger partial charge on any atom is -0.482 e. The monoisotopic (exact) mass is 374 g/mol. The highest BCUT2D eigenvalue weighted by molar-refractivity contribution is 7.92. The van der Waals surface area contributed by atoms with Crippen molar-refractivity contribution in [3.63, 3.8) is 0 Å². The summed E-state index contributed by atoms with van der Waals surface area (Å²) in [5, 5.41) is 2.57. The summed E-state index contributed by atoms with van der Waals surface area (Å²) in [6, 6.07) is 3.67. The number of sulfonamides is 1. The smallest absolute Gasteiger partial charge is 0.262 e. The summed E-state index contributed by atoms with van der Waals surface area (Å²) in [5.41, 5.74) is 0.294. The van der Waals surface area contributed by atoms with Gasteiger partial charge in [0, 0.05) is 12.6 Å². The maximum absolute atomic E-state index is 12.9. The molecule has 1 saturated heterocycles. The van der Waals surface area contributed by atoms with E-state index in [1.54, 1.807) is 6.92 Å². The van der Waals surface area contributed by atoms with Gasteiger partial charge in [-0.2, -0.15) is 4.31 Å². The van der Waals surface area contributed by atoms with Crippen molar-refractivity contribution in [2.75, 3.05) is 30.0 Å². The third kappa shape index (κ3) is 3.13. The molecule has 2 heterocycles. The Morgan fingerprint density at radius 2 is 2.12 bits per heavy atom. The number of anilines is 1. The molecule has 0 saturated carbocycles. The molecule has 2 aliphatic rings. The number of rotatable bonds is 4. The quantitative estimate of drug-likeness (QED) is 0.807. The third-order valence-corrected chi connectivity index (χ3v) is 7.89. The van der Waals surface area contributed by atoms with Crippen molar-refractivity contribution in [3.8, 4) is 5.75 Å². The molecule has 24 heavy (non-hydrogen) atoms. The van der Waals surface area contributed by atoms with Crippen LogP contribution in [0.15, 0.2) is 23.1 Å². The largest absolute Gasteiger partial charge is 0.482 e. The number of fused-ring (bicyclic) bond motifs is 1. The number of benzene rings is 1. The van der Waals surface area contributed by atoms with Gasteiger partial charge in [0.15, 0.2) is 16.4 Å². The maximum Gasteiger partial charge on any atom is 0.262 e. The Kier molecular flexibility index (Phi) is 4.30. The van der Waals surface area contributed by atoms with Crippen molar-refractivity contribution in [3.05, 3.63) is 18.2 Å². The highest BCUT2D eigenvalue weighted by atomic mass is 32.2. The first kappa shape index (κ1) is 17.2. The number of carbonyl (C=O) groups is 1. The summed E-state index contributed by atoms with van der Waals surface area (Å²) in [6.45, 7) is 1.73.